The van der Waals surface area contributed by atoms with E-state index in [0.717, 1.165) is 30.5 Å². The zero-order valence-electron chi connectivity index (χ0n) is 17.4. The first kappa shape index (κ1) is 20.7. The van der Waals surface area contributed by atoms with Gasteiger partial charge in [-0.3, -0.25) is 4.79 Å². The quantitative estimate of drug-likeness (QED) is 0.457. The van der Waals surface area contributed by atoms with E-state index in [9.17, 15) is 9.59 Å². The molecule has 2 aromatic heterocycles. The molecule has 0 bridgehead atoms. The number of imidazole rings is 1. The second kappa shape index (κ2) is 7.16. The van der Waals surface area contributed by atoms with Crippen molar-refractivity contribution in [1.29, 1.82) is 0 Å². The van der Waals surface area contributed by atoms with Gasteiger partial charge in [-0.25, -0.2) is 14.3 Å². The van der Waals surface area contributed by atoms with Crippen LogP contribution in [0, 0.1) is 3.70 Å². The average molecular weight is 551 g/mol. The summed E-state index contributed by atoms with van der Waals surface area (Å²) in [5, 5.41) is 8.55. The summed E-state index contributed by atoms with van der Waals surface area (Å²) in [6.07, 6.45) is 2.69. The van der Waals surface area contributed by atoms with Crippen LogP contribution in [0.5, 0.6) is 0 Å². The second-order valence-corrected chi connectivity index (χ2v) is 11.0. The van der Waals surface area contributed by atoms with E-state index >= 15 is 0 Å². The first-order valence-corrected chi connectivity index (χ1v) is 12.0. The van der Waals surface area contributed by atoms with Gasteiger partial charge in [0.05, 0.1) is 11.6 Å². The zero-order chi connectivity index (χ0) is 22.0. The van der Waals surface area contributed by atoms with Gasteiger partial charge in [0.15, 0.2) is 0 Å². The molecule has 0 aliphatic carbocycles. The zero-order valence-corrected chi connectivity index (χ0v) is 20.4. The van der Waals surface area contributed by atoms with Crippen LogP contribution in [0.3, 0.4) is 0 Å². The molecule has 1 saturated heterocycles. The average Bonchev–Trinajstić information content (AvgIpc) is 3.31. The molecule has 31 heavy (non-hydrogen) atoms. The lowest BCUT2D eigenvalue weighted by atomic mass is 9.73. The fourth-order valence-electron chi connectivity index (χ4n) is 4.23. The number of hydrogen-bond donors (Lipinski definition) is 1. The third-order valence-electron chi connectivity index (χ3n) is 5.75. The van der Waals surface area contributed by atoms with Gasteiger partial charge in [0, 0.05) is 24.3 Å². The molecule has 162 valence electrons. The Balaban J connectivity index is 1.42. The van der Waals surface area contributed by atoms with Crippen molar-refractivity contribution in [3.8, 4) is 10.6 Å². The first-order valence-electron chi connectivity index (χ1n) is 10.1. The summed E-state index contributed by atoms with van der Waals surface area (Å²) < 4.78 is 8.19. The van der Waals surface area contributed by atoms with E-state index in [2.05, 4.69) is 44.1 Å². The van der Waals surface area contributed by atoms with Crippen LogP contribution in [0.1, 0.15) is 39.2 Å². The van der Waals surface area contributed by atoms with Gasteiger partial charge >= 0.3 is 6.09 Å². The molecule has 10 heteroatoms. The van der Waals surface area contributed by atoms with Crippen LogP contribution in [0.15, 0.2) is 24.4 Å². The monoisotopic (exact) mass is 551 g/mol. The van der Waals surface area contributed by atoms with Crippen molar-refractivity contribution in [2.24, 2.45) is 0 Å². The number of amides is 2. The van der Waals surface area contributed by atoms with Crippen molar-refractivity contribution in [1.82, 2.24) is 19.5 Å². The van der Waals surface area contributed by atoms with Gasteiger partial charge in [0.25, 0.3) is 0 Å². The summed E-state index contributed by atoms with van der Waals surface area (Å²) in [4.78, 5) is 32.5. The van der Waals surface area contributed by atoms with E-state index in [1.807, 2.05) is 39.1 Å². The van der Waals surface area contributed by atoms with Crippen LogP contribution in [-0.4, -0.2) is 50.2 Å². The number of carbonyl (C=O) groups is 2. The molecule has 1 aromatic carbocycles. The molecule has 2 amide bonds. The van der Waals surface area contributed by atoms with Crippen LogP contribution in [0.4, 0.5) is 10.5 Å². The largest absolute Gasteiger partial charge is 0.444 e. The summed E-state index contributed by atoms with van der Waals surface area (Å²) in [6.45, 7) is 6.53. The summed E-state index contributed by atoms with van der Waals surface area (Å²) in [6, 6.07) is 6.00. The van der Waals surface area contributed by atoms with Crippen molar-refractivity contribution < 1.29 is 14.3 Å². The molecular weight excluding hydrogens is 529 g/mol. The van der Waals surface area contributed by atoms with Crippen molar-refractivity contribution in [3.63, 3.8) is 0 Å². The Labute approximate surface area is 197 Å². The normalized spacial score (nSPS) is 17.8. The number of hydrogen-bond acceptors (Lipinski definition) is 6. The number of halogens is 1. The van der Waals surface area contributed by atoms with Crippen LogP contribution in [0.2, 0.25) is 0 Å². The van der Waals surface area contributed by atoms with E-state index in [4.69, 9.17) is 4.74 Å². The molecule has 0 atom stereocenters. The number of anilines is 1. The summed E-state index contributed by atoms with van der Waals surface area (Å²) in [5.74, 6) is 0.00647. The number of ether oxygens (including phenoxy) is 1. The Morgan fingerprint density at radius 3 is 2.71 bits per heavy atom. The van der Waals surface area contributed by atoms with Gasteiger partial charge < -0.3 is 15.0 Å². The van der Waals surface area contributed by atoms with Gasteiger partial charge in [0.2, 0.25) is 10.9 Å². The van der Waals surface area contributed by atoms with Crippen LogP contribution >= 0.6 is 33.9 Å². The minimum atomic E-state index is -0.628. The molecule has 0 saturated carbocycles. The first-order chi connectivity index (χ1) is 14.6. The van der Waals surface area contributed by atoms with E-state index in [0.29, 0.717) is 25.9 Å². The molecule has 1 fully saturated rings. The minimum absolute atomic E-state index is 0.00647. The fraction of sp³-hybridized carbons (Fsp3) is 0.429. The Morgan fingerprint density at radius 2 is 2.03 bits per heavy atom. The predicted molar refractivity (Wildman–Crippen MR) is 126 cm³/mol. The van der Waals surface area contributed by atoms with Gasteiger partial charge in [0.1, 0.15) is 14.3 Å². The number of fused-ring (bicyclic) bond motifs is 3. The maximum Gasteiger partial charge on any atom is 0.410 e. The standard InChI is InChI=1S/C21H22IN5O3S/c1-20(2,3)30-19(29)26-8-6-21(7-9-26)13-10-12(4-5-14(13)23-17(21)28)16-25-27-11-15(22)24-18(27)31-16/h4-5,10-11H,6-9H2,1-3H3,(H,23,28). The number of likely N-dealkylation sites (tertiary alicyclic amines) is 1. The third-order valence-corrected chi connectivity index (χ3v) is 7.24. The molecule has 0 unspecified atom stereocenters. The van der Waals surface area contributed by atoms with Gasteiger partial charge in [-0.15, -0.1) is 0 Å². The second-order valence-electron chi connectivity index (χ2n) is 8.96. The maximum atomic E-state index is 13.0. The lowest BCUT2D eigenvalue weighted by Gasteiger charge is -2.38. The molecule has 2 aliphatic rings. The lowest BCUT2D eigenvalue weighted by molar-refractivity contribution is -0.122. The van der Waals surface area contributed by atoms with Crippen molar-refractivity contribution in [2.75, 3.05) is 18.4 Å². The number of aromatic nitrogens is 3. The number of nitrogens with one attached hydrogen (secondary N) is 1. The number of nitrogens with zero attached hydrogens (tertiary/aromatic N) is 4. The molecule has 8 nitrogen and oxygen atoms in total. The molecule has 1 spiro atoms. The lowest BCUT2D eigenvalue weighted by Crippen LogP contribution is -2.49. The molecule has 2 aliphatic heterocycles. The number of rotatable bonds is 1. The smallest absolute Gasteiger partial charge is 0.410 e. The highest BCUT2D eigenvalue weighted by molar-refractivity contribution is 14.1. The van der Waals surface area contributed by atoms with E-state index in [1.165, 1.54) is 11.3 Å². The highest BCUT2D eigenvalue weighted by Crippen LogP contribution is 2.46. The Morgan fingerprint density at radius 1 is 1.29 bits per heavy atom. The third kappa shape index (κ3) is 3.59. The topological polar surface area (TPSA) is 88.8 Å². The molecular formula is C21H22IN5O3S. The number of piperidine rings is 1. The van der Waals surface area contributed by atoms with Crippen molar-refractivity contribution >= 4 is 56.6 Å². The van der Waals surface area contributed by atoms with Gasteiger partial charge in [-0.2, -0.15) is 5.10 Å². The van der Waals surface area contributed by atoms with Gasteiger partial charge in [-0.05, 0) is 80.0 Å². The summed E-state index contributed by atoms with van der Waals surface area (Å²) >= 11 is 3.70. The Kier molecular flexibility index (Phi) is 4.77. The highest BCUT2D eigenvalue weighted by atomic mass is 127. The molecule has 5 rings (SSSR count). The van der Waals surface area contributed by atoms with Crippen LogP contribution < -0.4 is 5.32 Å². The molecule has 0 radical (unpaired) electrons. The van der Waals surface area contributed by atoms with Crippen LogP contribution in [0.25, 0.3) is 15.5 Å². The van der Waals surface area contributed by atoms with Crippen molar-refractivity contribution in [3.05, 3.63) is 33.7 Å². The number of carbonyl (C=O) groups excluding carboxylic acids is 2. The minimum Gasteiger partial charge on any atom is -0.444 e. The highest BCUT2D eigenvalue weighted by Gasteiger charge is 2.49. The van der Waals surface area contributed by atoms with E-state index in [-0.39, 0.29) is 12.0 Å². The van der Waals surface area contributed by atoms with Crippen LogP contribution in [-0.2, 0) is 14.9 Å². The van der Waals surface area contributed by atoms with E-state index < -0.39 is 11.0 Å². The Hall–Kier alpha value is -2.21. The SMILES string of the molecule is CC(C)(C)OC(=O)N1CCC2(CC1)C(=O)Nc1ccc(-c3nn4cc(I)nc4s3)cc12. The number of benzene rings is 1. The molecule has 3 aromatic rings. The maximum absolute atomic E-state index is 13.0. The molecule has 4 heterocycles. The fourth-order valence-corrected chi connectivity index (χ4v) is 5.76. The predicted octanol–water partition coefficient (Wildman–Crippen LogP) is 4.28. The van der Waals surface area contributed by atoms with Crippen molar-refractivity contribution in [2.45, 2.75) is 44.6 Å². The van der Waals surface area contributed by atoms with Gasteiger partial charge in [-0.1, -0.05) is 11.3 Å². The summed E-state index contributed by atoms with van der Waals surface area (Å²) in [7, 11) is 0. The van der Waals surface area contributed by atoms with E-state index in [1.54, 1.807) is 9.42 Å². The summed E-state index contributed by atoms with van der Waals surface area (Å²) in [5.41, 5.74) is 1.63. The Bertz CT molecular complexity index is 1170. The molecule has 1 N–H and O–H groups in total.